The highest BCUT2D eigenvalue weighted by Gasteiger charge is 2.37. The maximum Gasteiger partial charge on any atom is 0.137 e. The van der Waals surface area contributed by atoms with Crippen molar-refractivity contribution in [1.82, 2.24) is 14.5 Å². The number of hydrogen-bond acceptors (Lipinski definition) is 5. The van der Waals surface area contributed by atoms with E-state index in [4.69, 9.17) is 9.72 Å². The first-order valence-corrected chi connectivity index (χ1v) is 20.9. The van der Waals surface area contributed by atoms with E-state index >= 15 is 0 Å². The molecule has 9 aromatic rings. The summed E-state index contributed by atoms with van der Waals surface area (Å²) in [5.74, 6) is 2.45. The summed E-state index contributed by atoms with van der Waals surface area (Å²) in [6, 6.07) is 54.3. The van der Waals surface area contributed by atoms with E-state index in [-0.39, 0.29) is 11.0 Å². The number of thiophene rings is 1. The van der Waals surface area contributed by atoms with Crippen LogP contribution in [0.3, 0.4) is 0 Å². The normalized spacial score (nSPS) is 13.8. The summed E-state index contributed by atoms with van der Waals surface area (Å²) in [7, 11) is 0. The molecular formula is C52H46N4OS. The Morgan fingerprint density at radius 2 is 1.24 bits per heavy atom. The van der Waals surface area contributed by atoms with Gasteiger partial charge in [0, 0.05) is 71.6 Å². The molecule has 1 aliphatic heterocycles. The predicted molar refractivity (Wildman–Crippen MR) is 245 cm³/mol. The van der Waals surface area contributed by atoms with E-state index in [0.29, 0.717) is 6.67 Å². The molecule has 0 N–H and O–H groups in total. The van der Waals surface area contributed by atoms with E-state index in [9.17, 15) is 0 Å². The Morgan fingerprint density at radius 1 is 0.552 bits per heavy atom. The van der Waals surface area contributed by atoms with Gasteiger partial charge in [-0.3, -0.25) is 4.57 Å². The van der Waals surface area contributed by atoms with Gasteiger partial charge in [0.1, 0.15) is 17.3 Å². The number of benzene rings is 6. The molecule has 6 heteroatoms. The van der Waals surface area contributed by atoms with Gasteiger partial charge in [-0.1, -0.05) is 106 Å². The summed E-state index contributed by atoms with van der Waals surface area (Å²) in [4.78, 5) is 9.93. The zero-order chi connectivity index (χ0) is 39.8. The van der Waals surface area contributed by atoms with Gasteiger partial charge in [0.25, 0.3) is 0 Å². The van der Waals surface area contributed by atoms with E-state index in [2.05, 4.69) is 208 Å². The molecule has 6 aromatic carbocycles. The van der Waals surface area contributed by atoms with Crippen LogP contribution in [0.5, 0.6) is 11.5 Å². The molecule has 0 amide bonds. The van der Waals surface area contributed by atoms with Crippen molar-refractivity contribution < 1.29 is 4.74 Å². The second-order valence-corrected chi connectivity index (χ2v) is 18.4. The standard InChI is InChI=1S/C52H46N4OS/c1-51(2,3)36-26-27-53-48(28-36)56-44-30-39(24-25-40(44)42-32-47-43(31-45(42)56)41-22-13-14-23-46(41)58-47)57-38-21-15-20-37(29-38)54-33-55(52(4,5)6)50(35-18-11-8-12-19-35)49(54)34-16-9-7-10-17-34/h7-32H,33H2,1-6H3. The van der Waals surface area contributed by atoms with Gasteiger partial charge in [-0.25, -0.2) is 4.98 Å². The predicted octanol–water partition coefficient (Wildman–Crippen LogP) is 14.0. The first-order valence-electron chi connectivity index (χ1n) is 20.1. The average molecular weight is 775 g/mol. The van der Waals surface area contributed by atoms with Gasteiger partial charge >= 0.3 is 0 Å². The van der Waals surface area contributed by atoms with Crippen LogP contribution in [0.25, 0.3) is 59.2 Å². The maximum atomic E-state index is 6.83. The summed E-state index contributed by atoms with van der Waals surface area (Å²) in [6.45, 7) is 14.3. The van der Waals surface area contributed by atoms with Crippen LogP contribution in [-0.4, -0.2) is 26.7 Å². The van der Waals surface area contributed by atoms with Crippen molar-refractivity contribution in [3.05, 3.63) is 175 Å². The highest BCUT2D eigenvalue weighted by molar-refractivity contribution is 7.25. The second-order valence-electron chi connectivity index (χ2n) is 17.3. The number of nitrogens with zero attached hydrogens (tertiary/aromatic N) is 4. The van der Waals surface area contributed by atoms with Crippen molar-refractivity contribution in [2.45, 2.75) is 52.5 Å². The van der Waals surface area contributed by atoms with Crippen molar-refractivity contribution in [1.29, 1.82) is 0 Å². The molecule has 0 unspecified atom stereocenters. The summed E-state index contributed by atoms with van der Waals surface area (Å²) in [5.41, 5.74) is 9.15. The summed E-state index contributed by atoms with van der Waals surface area (Å²) in [5, 5.41) is 4.93. The smallest absolute Gasteiger partial charge is 0.137 e. The largest absolute Gasteiger partial charge is 0.457 e. The molecule has 10 rings (SSSR count). The molecule has 0 aliphatic carbocycles. The topological polar surface area (TPSA) is 33.5 Å². The molecule has 0 radical (unpaired) electrons. The minimum absolute atomic E-state index is 0.0246. The number of fused-ring (bicyclic) bond motifs is 6. The third-order valence-electron chi connectivity index (χ3n) is 11.4. The number of pyridine rings is 1. The number of rotatable bonds is 6. The molecule has 0 bridgehead atoms. The fraction of sp³-hybridized carbons (Fsp3) is 0.173. The van der Waals surface area contributed by atoms with Crippen LogP contribution < -0.4 is 9.64 Å². The zero-order valence-corrected chi connectivity index (χ0v) is 34.6. The van der Waals surface area contributed by atoms with E-state index < -0.39 is 0 Å². The Balaban J connectivity index is 1.10. The highest BCUT2D eigenvalue weighted by Crippen LogP contribution is 2.45. The summed E-state index contributed by atoms with van der Waals surface area (Å²) >= 11 is 1.85. The molecule has 58 heavy (non-hydrogen) atoms. The minimum Gasteiger partial charge on any atom is -0.457 e. The van der Waals surface area contributed by atoms with Gasteiger partial charge in [-0.05, 0) is 86.3 Å². The Hall–Kier alpha value is -6.37. The number of hydrogen-bond donors (Lipinski definition) is 0. The van der Waals surface area contributed by atoms with E-state index in [1.54, 1.807) is 0 Å². The highest BCUT2D eigenvalue weighted by atomic mass is 32.1. The SMILES string of the molecule is CC(C)(C)c1ccnc(-n2c3cc(Oc4cccc(N5CN(C(C)(C)C)C(c6ccccc6)=C5c5ccccc5)c4)ccc3c3cc4sc5ccccc5c4cc32)c1. The Labute approximate surface area is 344 Å². The summed E-state index contributed by atoms with van der Waals surface area (Å²) < 4.78 is 11.7. The van der Waals surface area contributed by atoms with Gasteiger partial charge in [-0.15, -0.1) is 11.3 Å². The van der Waals surface area contributed by atoms with Crippen LogP contribution >= 0.6 is 11.3 Å². The quantitative estimate of drug-likeness (QED) is 0.168. The molecule has 3 aromatic heterocycles. The lowest BCUT2D eigenvalue weighted by Gasteiger charge is -2.36. The van der Waals surface area contributed by atoms with E-state index in [1.165, 1.54) is 59.0 Å². The summed E-state index contributed by atoms with van der Waals surface area (Å²) in [6.07, 6.45) is 1.94. The second kappa shape index (κ2) is 13.6. The first-order chi connectivity index (χ1) is 28.0. The molecule has 1 aliphatic rings. The van der Waals surface area contributed by atoms with Crippen molar-refractivity contribution in [3.63, 3.8) is 0 Å². The van der Waals surface area contributed by atoms with Crippen LogP contribution in [0.15, 0.2) is 158 Å². The van der Waals surface area contributed by atoms with Gasteiger partial charge in [0.2, 0.25) is 0 Å². The minimum atomic E-state index is -0.120. The lowest BCUT2D eigenvalue weighted by molar-refractivity contribution is 0.237. The van der Waals surface area contributed by atoms with Crippen molar-refractivity contribution >= 4 is 70.4 Å². The molecule has 0 atom stereocenters. The van der Waals surface area contributed by atoms with Crippen LogP contribution in [0, 0.1) is 0 Å². The van der Waals surface area contributed by atoms with Crippen LogP contribution in [0.2, 0.25) is 0 Å². The fourth-order valence-electron chi connectivity index (χ4n) is 8.46. The molecule has 0 spiro atoms. The third-order valence-corrected chi connectivity index (χ3v) is 12.5. The molecule has 0 saturated carbocycles. The van der Waals surface area contributed by atoms with E-state index in [1.807, 2.05) is 17.5 Å². The monoisotopic (exact) mass is 774 g/mol. The lowest BCUT2D eigenvalue weighted by atomic mass is 9.88. The van der Waals surface area contributed by atoms with Gasteiger partial charge in [0.05, 0.1) is 29.1 Å². The van der Waals surface area contributed by atoms with Crippen molar-refractivity contribution in [2.75, 3.05) is 11.6 Å². The number of anilines is 1. The Morgan fingerprint density at radius 3 is 1.98 bits per heavy atom. The number of ether oxygens (including phenoxy) is 1. The molecular weight excluding hydrogens is 729 g/mol. The third kappa shape index (κ3) is 6.20. The fourth-order valence-corrected chi connectivity index (χ4v) is 9.58. The van der Waals surface area contributed by atoms with Crippen molar-refractivity contribution in [2.24, 2.45) is 0 Å². The number of aromatic nitrogens is 2. The first kappa shape index (κ1) is 36.0. The Bertz CT molecular complexity index is 3040. The molecule has 286 valence electrons. The van der Waals surface area contributed by atoms with Crippen molar-refractivity contribution in [3.8, 4) is 17.3 Å². The zero-order valence-electron chi connectivity index (χ0n) is 33.8. The molecule has 4 heterocycles. The van der Waals surface area contributed by atoms with Crippen LogP contribution in [0.4, 0.5) is 5.69 Å². The molecule has 5 nitrogen and oxygen atoms in total. The molecule has 0 saturated heterocycles. The van der Waals surface area contributed by atoms with E-state index in [0.717, 1.165) is 34.0 Å². The maximum absolute atomic E-state index is 6.83. The Kier molecular flexibility index (Phi) is 8.46. The van der Waals surface area contributed by atoms with Gasteiger partial charge < -0.3 is 14.5 Å². The lowest BCUT2D eigenvalue weighted by Crippen LogP contribution is -2.41. The van der Waals surface area contributed by atoms with Crippen LogP contribution in [-0.2, 0) is 5.41 Å². The van der Waals surface area contributed by atoms with Gasteiger partial charge in [0.15, 0.2) is 0 Å². The molecule has 0 fully saturated rings. The average Bonchev–Trinajstić information content (AvgIpc) is 3.90. The van der Waals surface area contributed by atoms with Crippen LogP contribution in [0.1, 0.15) is 58.2 Å². The van der Waals surface area contributed by atoms with Gasteiger partial charge in [-0.2, -0.15) is 0 Å².